The molecular formula is C7H2F3NaO2. The van der Waals surface area contributed by atoms with Gasteiger partial charge in [-0.15, -0.1) is 0 Å². The van der Waals surface area contributed by atoms with Gasteiger partial charge in [-0.3, -0.25) is 0 Å². The molecule has 0 aliphatic rings. The molecule has 6 heteroatoms. The van der Waals surface area contributed by atoms with Crippen LogP contribution < -0.4 is 34.7 Å². The Morgan fingerprint density at radius 2 is 1.54 bits per heavy atom. The van der Waals surface area contributed by atoms with Crippen molar-refractivity contribution in [3.63, 3.8) is 0 Å². The van der Waals surface area contributed by atoms with Crippen LogP contribution in [0, 0.1) is 17.5 Å². The summed E-state index contributed by atoms with van der Waals surface area (Å²) >= 11 is 0. The molecule has 1 aromatic carbocycles. The van der Waals surface area contributed by atoms with Crippen molar-refractivity contribution >= 4 is 5.97 Å². The van der Waals surface area contributed by atoms with Crippen LogP contribution in [0.25, 0.3) is 0 Å². The number of carbonyl (C=O) groups is 1. The van der Waals surface area contributed by atoms with Crippen LogP contribution in [0.5, 0.6) is 0 Å². The van der Waals surface area contributed by atoms with Gasteiger partial charge < -0.3 is 9.90 Å². The number of hydrogen-bond acceptors (Lipinski definition) is 2. The summed E-state index contributed by atoms with van der Waals surface area (Å²) in [6, 6.07) is 0.544. The largest absolute Gasteiger partial charge is 1.00 e. The van der Waals surface area contributed by atoms with Gasteiger partial charge in [0, 0.05) is 12.1 Å². The zero-order valence-electron chi connectivity index (χ0n) is 6.61. The fourth-order valence-corrected chi connectivity index (χ4v) is 0.737. The Labute approximate surface area is 93.7 Å². The zero-order valence-corrected chi connectivity index (χ0v) is 8.61. The fourth-order valence-electron chi connectivity index (χ4n) is 0.737. The van der Waals surface area contributed by atoms with E-state index in [0.717, 1.165) is 0 Å². The zero-order chi connectivity index (χ0) is 9.30. The molecule has 0 radical (unpaired) electrons. The summed E-state index contributed by atoms with van der Waals surface area (Å²) in [4.78, 5) is 10.0. The van der Waals surface area contributed by atoms with Gasteiger partial charge >= 0.3 is 29.6 Å². The summed E-state index contributed by atoms with van der Waals surface area (Å²) in [5.74, 6) is -6.14. The molecular weight excluding hydrogens is 196 g/mol. The number of carboxylic acid groups (broad SMARTS) is 1. The van der Waals surface area contributed by atoms with Crippen LogP contribution in [0.3, 0.4) is 0 Å². The molecule has 0 unspecified atom stereocenters. The van der Waals surface area contributed by atoms with Crippen molar-refractivity contribution in [2.75, 3.05) is 0 Å². The molecule has 0 saturated carbocycles. The second-order valence-corrected chi connectivity index (χ2v) is 2.03. The molecule has 1 aromatic rings. The van der Waals surface area contributed by atoms with Crippen molar-refractivity contribution in [1.29, 1.82) is 0 Å². The first-order valence-corrected chi connectivity index (χ1v) is 2.88. The van der Waals surface area contributed by atoms with E-state index in [-0.39, 0.29) is 41.7 Å². The van der Waals surface area contributed by atoms with Crippen LogP contribution in [-0.4, -0.2) is 5.97 Å². The minimum atomic E-state index is -2.01. The van der Waals surface area contributed by atoms with Crippen molar-refractivity contribution in [2.45, 2.75) is 0 Å². The molecule has 0 spiro atoms. The molecule has 0 N–H and O–H groups in total. The molecule has 0 atom stereocenters. The Hall–Kier alpha value is -0.520. The standard InChI is InChI=1S/C7H3F3O2.Na/c8-3-1-4(9)6(7(11)12)5(10)2-3;/h1-2H,(H,11,12);/q;+1/p-1. The van der Waals surface area contributed by atoms with Gasteiger partial charge in [0.15, 0.2) is 0 Å². The van der Waals surface area contributed by atoms with Gasteiger partial charge in [-0.25, -0.2) is 13.2 Å². The second kappa shape index (κ2) is 4.64. The van der Waals surface area contributed by atoms with Crippen LogP contribution in [0.4, 0.5) is 13.2 Å². The molecule has 0 fully saturated rings. The molecule has 0 heterocycles. The Morgan fingerprint density at radius 1 is 1.15 bits per heavy atom. The number of halogens is 3. The average molecular weight is 198 g/mol. The van der Waals surface area contributed by atoms with Gasteiger partial charge in [0.25, 0.3) is 0 Å². The number of carbonyl (C=O) groups excluding carboxylic acids is 1. The van der Waals surface area contributed by atoms with Crippen molar-refractivity contribution in [3.05, 3.63) is 35.1 Å². The van der Waals surface area contributed by atoms with Gasteiger partial charge in [0.1, 0.15) is 17.5 Å². The third-order valence-corrected chi connectivity index (χ3v) is 1.21. The van der Waals surface area contributed by atoms with Crippen LogP contribution >= 0.6 is 0 Å². The van der Waals surface area contributed by atoms with Crippen LogP contribution in [0.15, 0.2) is 12.1 Å². The van der Waals surface area contributed by atoms with Gasteiger partial charge in [0.2, 0.25) is 0 Å². The van der Waals surface area contributed by atoms with E-state index < -0.39 is 29.0 Å². The van der Waals surface area contributed by atoms with E-state index in [2.05, 4.69) is 0 Å². The van der Waals surface area contributed by atoms with Crippen LogP contribution in [0.2, 0.25) is 0 Å². The molecule has 0 aromatic heterocycles. The van der Waals surface area contributed by atoms with Gasteiger partial charge in [0.05, 0.1) is 11.5 Å². The fraction of sp³-hybridized carbons (Fsp3) is 0. The molecule has 0 bridgehead atoms. The van der Waals surface area contributed by atoms with Crippen molar-refractivity contribution in [3.8, 4) is 0 Å². The average Bonchev–Trinajstić information content (AvgIpc) is 1.82. The Balaban J connectivity index is 0.00000144. The van der Waals surface area contributed by atoms with Crippen LogP contribution in [0.1, 0.15) is 10.4 Å². The summed E-state index contributed by atoms with van der Waals surface area (Å²) in [5, 5.41) is 10.0. The summed E-state index contributed by atoms with van der Waals surface area (Å²) < 4.78 is 37.1. The molecule has 0 saturated heterocycles. The Bertz CT molecular complexity index is 318. The second-order valence-electron chi connectivity index (χ2n) is 2.03. The van der Waals surface area contributed by atoms with Gasteiger partial charge in [-0.2, -0.15) is 0 Å². The predicted octanol–water partition coefficient (Wildman–Crippen LogP) is -2.53. The normalized spacial score (nSPS) is 9.15. The van der Waals surface area contributed by atoms with E-state index in [9.17, 15) is 23.1 Å². The molecule has 0 aliphatic carbocycles. The summed E-state index contributed by atoms with van der Waals surface area (Å²) in [7, 11) is 0. The molecule has 64 valence electrons. The minimum absolute atomic E-state index is 0. The molecule has 1 rings (SSSR count). The third-order valence-electron chi connectivity index (χ3n) is 1.21. The number of benzene rings is 1. The van der Waals surface area contributed by atoms with E-state index in [1.165, 1.54) is 0 Å². The third kappa shape index (κ3) is 2.72. The minimum Gasteiger partial charge on any atom is -0.545 e. The SMILES string of the molecule is O=C([O-])c1c(F)cc(F)cc1F.[Na+]. The summed E-state index contributed by atoms with van der Waals surface area (Å²) in [5.41, 5.74) is -1.25. The van der Waals surface area contributed by atoms with Crippen molar-refractivity contribution in [1.82, 2.24) is 0 Å². The van der Waals surface area contributed by atoms with Crippen LogP contribution in [-0.2, 0) is 0 Å². The molecule has 2 nitrogen and oxygen atoms in total. The molecule has 13 heavy (non-hydrogen) atoms. The topological polar surface area (TPSA) is 40.1 Å². The maximum atomic E-state index is 12.5. The van der Waals surface area contributed by atoms with E-state index in [0.29, 0.717) is 0 Å². The monoisotopic (exact) mass is 198 g/mol. The first-order valence-electron chi connectivity index (χ1n) is 2.88. The van der Waals surface area contributed by atoms with E-state index in [1.807, 2.05) is 0 Å². The summed E-state index contributed by atoms with van der Waals surface area (Å²) in [6.07, 6.45) is 0. The first-order chi connectivity index (χ1) is 5.52. The van der Waals surface area contributed by atoms with Gasteiger partial charge in [-0.1, -0.05) is 0 Å². The van der Waals surface area contributed by atoms with E-state index in [4.69, 9.17) is 0 Å². The van der Waals surface area contributed by atoms with Crippen molar-refractivity contribution < 1.29 is 52.6 Å². The van der Waals surface area contributed by atoms with Gasteiger partial charge in [-0.05, 0) is 0 Å². The maximum absolute atomic E-state index is 12.5. The Kier molecular flexibility index (Phi) is 4.46. The van der Waals surface area contributed by atoms with E-state index in [1.54, 1.807) is 0 Å². The van der Waals surface area contributed by atoms with Crippen molar-refractivity contribution in [2.24, 2.45) is 0 Å². The molecule has 0 amide bonds. The summed E-state index contributed by atoms with van der Waals surface area (Å²) in [6.45, 7) is 0. The predicted molar refractivity (Wildman–Crippen MR) is 30.6 cm³/mol. The number of hydrogen-bond donors (Lipinski definition) is 0. The first kappa shape index (κ1) is 12.5. The van der Waals surface area contributed by atoms with E-state index >= 15 is 0 Å². The quantitative estimate of drug-likeness (QED) is 0.467. The number of carboxylic acids is 1. The smallest absolute Gasteiger partial charge is 0.545 e. The maximum Gasteiger partial charge on any atom is 1.00 e. The number of rotatable bonds is 1. The number of aromatic carboxylic acids is 1. The Morgan fingerprint density at radius 3 is 1.85 bits per heavy atom. The molecule has 0 aliphatic heterocycles.